The first-order valence-corrected chi connectivity index (χ1v) is 12.6. The molecule has 0 aliphatic carbocycles. The molecule has 178 valence electrons. The number of likely N-dealkylation sites (tertiary alicyclic amines) is 1. The molecule has 0 radical (unpaired) electrons. The standard InChI is InChI=1S/C26H31N5O2S/c1-4-5-7-18-9-11-20(12-10-18)25(33)31-17-6-8-22(31)23(32)27-26-29-28-24(34-26)19-13-15-21(16-14-19)30(2)3/h9-16,22H,4-8,17H2,1-3H3,(H,27,29,32). The molecule has 8 heteroatoms. The van der Waals surface area contributed by atoms with Crippen molar-refractivity contribution in [3.05, 3.63) is 59.7 Å². The number of carbonyl (C=O) groups excluding carboxylic acids is 2. The van der Waals surface area contributed by atoms with Gasteiger partial charge in [0.2, 0.25) is 11.0 Å². The number of nitrogens with zero attached hydrogens (tertiary/aromatic N) is 4. The Morgan fingerprint density at radius 3 is 2.50 bits per heavy atom. The molecule has 2 heterocycles. The lowest BCUT2D eigenvalue weighted by Crippen LogP contribution is -2.43. The van der Waals surface area contributed by atoms with Crippen LogP contribution in [0.4, 0.5) is 10.8 Å². The molecule has 1 fully saturated rings. The molecule has 1 saturated heterocycles. The van der Waals surface area contributed by atoms with Gasteiger partial charge in [0.1, 0.15) is 11.0 Å². The van der Waals surface area contributed by atoms with Crippen LogP contribution in [0, 0.1) is 0 Å². The van der Waals surface area contributed by atoms with E-state index in [1.54, 1.807) is 4.90 Å². The molecule has 3 aromatic rings. The third-order valence-electron chi connectivity index (χ3n) is 6.12. The van der Waals surface area contributed by atoms with Crippen LogP contribution < -0.4 is 10.2 Å². The second kappa shape index (κ2) is 10.8. The molecule has 1 aliphatic rings. The summed E-state index contributed by atoms with van der Waals surface area (Å²) in [4.78, 5) is 29.9. The van der Waals surface area contributed by atoms with E-state index in [9.17, 15) is 9.59 Å². The summed E-state index contributed by atoms with van der Waals surface area (Å²) in [6, 6.07) is 15.3. The van der Waals surface area contributed by atoms with Gasteiger partial charge in [-0.1, -0.05) is 36.8 Å². The van der Waals surface area contributed by atoms with E-state index >= 15 is 0 Å². The van der Waals surface area contributed by atoms with Crippen molar-refractivity contribution in [3.63, 3.8) is 0 Å². The predicted molar refractivity (Wildman–Crippen MR) is 137 cm³/mol. The first-order valence-electron chi connectivity index (χ1n) is 11.8. The zero-order valence-electron chi connectivity index (χ0n) is 20.0. The molecule has 2 amide bonds. The summed E-state index contributed by atoms with van der Waals surface area (Å²) in [5, 5.41) is 12.4. The fourth-order valence-corrected chi connectivity index (χ4v) is 4.88. The van der Waals surface area contributed by atoms with Crippen molar-refractivity contribution in [1.82, 2.24) is 15.1 Å². The number of aromatic nitrogens is 2. The van der Waals surface area contributed by atoms with Crippen LogP contribution in [0.25, 0.3) is 10.6 Å². The number of hydrogen-bond donors (Lipinski definition) is 1. The number of carbonyl (C=O) groups is 2. The fourth-order valence-electron chi connectivity index (χ4n) is 4.12. The molecular weight excluding hydrogens is 446 g/mol. The van der Waals surface area contributed by atoms with Crippen molar-refractivity contribution < 1.29 is 9.59 Å². The normalized spacial score (nSPS) is 15.4. The van der Waals surface area contributed by atoms with Crippen molar-refractivity contribution in [1.29, 1.82) is 0 Å². The third kappa shape index (κ3) is 5.44. The van der Waals surface area contributed by atoms with Gasteiger partial charge in [-0.3, -0.25) is 14.9 Å². The summed E-state index contributed by atoms with van der Waals surface area (Å²) in [5.41, 5.74) is 3.91. The Labute approximate surface area is 204 Å². The average Bonchev–Trinajstić information content (AvgIpc) is 3.53. The van der Waals surface area contributed by atoms with Gasteiger partial charge in [-0.25, -0.2) is 0 Å². The van der Waals surface area contributed by atoms with Gasteiger partial charge >= 0.3 is 0 Å². The molecule has 0 saturated carbocycles. The van der Waals surface area contributed by atoms with Crippen LogP contribution in [0.3, 0.4) is 0 Å². The molecular formula is C26H31N5O2S. The Kier molecular flexibility index (Phi) is 7.57. The van der Waals surface area contributed by atoms with Crippen LogP contribution in [-0.2, 0) is 11.2 Å². The number of benzene rings is 2. The third-order valence-corrected chi connectivity index (χ3v) is 7.01. The highest BCUT2D eigenvalue weighted by atomic mass is 32.1. The molecule has 7 nitrogen and oxygen atoms in total. The highest BCUT2D eigenvalue weighted by Crippen LogP contribution is 2.29. The number of unbranched alkanes of at least 4 members (excludes halogenated alkanes) is 1. The van der Waals surface area contributed by atoms with Gasteiger partial charge in [0.15, 0.2) is 0 Å². The van der Waals surface area contributed by atoms with Crippen molar-refractivity contribution in [2.45, 2.75) is 45.1 Å². The predicted octanol–water partition coefficient (Wildman–Crippen LogP) is 4.86. The topological polar surface area (TPSA) is 78.4 Å². The first-order chi connectivity index (χ1) is 16.5. The minimum atomic E-state index is -0.501. The van der Waals surface area contributed by atoms with Gasteiger partial charge in [-0.2, -0.15) is 0 Å². The summed E-state index contributed by atoms with van der Waals surface area (Å²) in [5.74, 6) is -0.310. The second-order valence-corrected chi connectivity index (χ2v) is 9.78. The van der Waals surface area contributed by atoms with Crippen molar-refractivity contribution >= 4 is 34.0 Å². The maximum atomic E-state index is 13.1. The molecule has 1 aromatic heterocycles. The molecule has 1 atom stereocenters. The number of aryl methyl sites for hydroxylation is 1. The SMILES string of the molecule is CCCCc1ccc(C(=O)N2CCCC2C(=O)Nc2nnc(-c3ccc(N(C)C)cc3)s2)cc1. The lowest BCUT2D eigenvalue weighted by atomic mass is 10.1. The van der Waals surface area contributed by atoms with Crippen LogP contribution in [0.15, 0.2) is 48.5 Å². The van der Waals surface area contributed by atoms with E-state index in [1.807, 2.05) is 67.5 Å². The Bertz CT molecular complexity index is 1120. The number of hydrogen-bond acceptors (Lipinski definition) is 6. The van der Waals surface area contributed by atoms with E-state index < -0.39 is 6.04 Å². The highest BCUT2D eigenvalue weighted by Gasteiger charge is 2.35. The first kappa shape index (κ1) is 23.9. The van der Waals surface area contributed by atoms with Crippen LogP contribution >= 0.6 is 11.3 Å². The summed E-state index contributed by atoms with van der Waals surface area (Å²) < 4.78 is 0. The highest BCUT2D eigenvalue weighted by molar-refractivity contribution is 7.18. The van der Waals surface area contributed by atoms with Crippen LogP contribution in [0.1, 0.15) is 48.5 Å². The maximum absolute atomic E-state index is 13.1. The van der Waals surface area contributed by atoms with E-state index in [0.29, 0.717) is 23.7 Å². The van der Waals surface area contributed by atoms with E-state index in [2.05, 4.69) is 22.4 Å². The molecule has 2 aromatic carbocycles. The van der Waals surface area contributed by atoms with Gasteiger partial charge in [-0.15, -0.1) is 10.2 Å². The second-order valence-electron chi connectivity index (χ2n) is 8.80. The Balaban J connectivity index is 1.40. The summed E-state index contributed by atoms with van der Waals surface area (Å²) in [6.07, 6.45) is 4.74. The Morgan fingerprint density at radius 1 is 1.09 bits per heavy atom. The Morgan fingerprint density at radius 2 is 1.82 bits per heavy atom. The minimum Gasteiger partial charge on any atom is -0.378 e. The fraction of sp³-hybridized carbons (Fsp3) is 0.385. The average molecular weight is 478 g/mol. The molecule has 1 aliphatic heterocycles. The zero-order valence-corrected chi connectivity index (χ0v) is 20.8. The number of nitrogens with one attached hydrogen (secondary N) is 1. The van der Waals surface area contributed by atoms with Gasteiger partial charge < -0.3 is 9.80 Å². The molecule has 34 heavy (non-hydrogen) atoms. The molecule has 0 spiro atoms. The number of amides is 2. The van der Waals surface area contributed by atoms with Crippen molar-refractivity contribution in [3.8, 4) is 10.6 Å². The van der Waals surface area contributed by atoms with Crippen molar-refractivity contribution in [2.75, 3.05) is 30.9 Å². The quantitative estimate of drug-likeness (QED) is 0.501. The summed E-state index contributed by atoms with van der Waals surface area (Å²) >= 11 is 1.33. The van der Waals surface area contributed by atoms with Crippen LogP contribution in [0.2, 0.25) is 0 Å². The van der Waals surface area contributed by atoms with E-state index in [0.717, 1.165) is 41.9 Å². The van der Waals surface area contributed by atoms with E-state index in [1.165, 1.54) is 16.9 Å². The lowest BCUT2D eigenvalue weighted by molar-refractivity contribution is -0.119. The molecule has 1 unspecified atom stereocenters. The van der Waals surface area contributed by atoms with Gasteiger partial charge in [-0.05, 0) is 67.6 Å². The molecule has 0 bridgehead atoms. The van der Waals surface area contributed by atoms with Crippen molar-refractivity contribution in [2.24, 2.45) is 0 Å². The minimum absolute atomic E-state index is 0.0985. The van der Waals surface area contributed by atoms with Crippen LogP contribution in [-0.4, -0.2) is 53.6 Å². The summed E-state index contributed by atoms with van der Waals surface area (Å²) in [6.45, 7) is 2.75. The zero-order chi connectivity index (χ0) is 24.1. The van der Waals surface area contributed by atoms with E-state index in [-0.39, 0.29) is 11.8 Å². The monoisotopic (exact) mass is 477 g/mol. The number of rotatable bonds is 8. The molecule has 1 N–H and O–H groups in total. The summed E-state index contributed by atoms with van der Waals surface area (Å²) in [7, 11) is 3.99. The van der Waals surface area contributed by atoms with Gasteiger partial charge in [0, 0.05) is 37.5 Å². The molecule has 4 rings (SSSR count). The van der Waals surface area contributed by atoms with Gasteiger partial charge in [0.05, 0.1) is 0 Å². The lowest BCUT2D eigenvalue weighted by Gasteiger charge is -2.23. The Hall–Kier alpha value is -3.26. The smallest absolute Gasteiger partial charge is 0.254 e. The maximum Gasteiger partial charge on any atom is 0.254 e. The van der Waals surface area contributed by atoms with E-state index in [4.69, 9.17) is 0 Å². The van der Waals surface area contributed by atoms with Gasteiger partial charge in [0.25, 0.3) is 5.91 Å². The largest absolute Gasteiger partial charge is 0.378 e. The van der Waals surface area contributed by atoms with Crippen LogP contribution in [0.5, 0.6) is 0 Å². The number of anilines is 2.